The van der Waals surface area contributed by atoms with Crippen molar-refractivity contribution in [1.82, 2.24) is 9.78 Å². The molecule has 1 aliphatic heterocycles. The number of aromatic nitrogens is 2. The fourth-order valence-corrected chi connectivity index (χ4v) is 4.01. The van der Waals surface area contributed by atoms with Gasteiger partial charge in [-0.25, -0.2) is 0 Å². The topological polar surface area (TPSA) is 47.1 Å². The van der Waals surface area contributed by atoms with Gasteiger partial charge < -0.3 is 10.6 Å². The molecule has 2 aromatic rings. The van der Waals surface area contributed by atoms with E-state index in [1.54, 1.807) is 0 Å². The van der Waals surface area contributed by atoms with Gasteiger partial charge in [-0.1, -0.05) is 18.5 Å². The molecule has 0 saturated heterocycles. The van der Waals surface area contributed by atoms with Crippen LogP contribution in [0.1, 0.15) is 18.3 Å². The quantitative estimate of drug-likeness (QED) is 0.881. The number of thioether (sulfide) groups is 1. The van der Waals surface area contributed by atoms with Crippen LogP contribution < -0.4 is 10.6 Å². The summed E-state index contributed by atoms with van der Waals surface area (Å²) in [5, 5.41) is 5.29. The lowest BCUT2D eigenvalue weighted by Gasteiger charge is -2.31. The molecule has 0 bridgehead atoms. The van der Waals surface area contributed by atoms with Gasteiger partial charge in [0.2, 0.25) is 0 Å². The molecule has 1 aromatic carbocycles. The third-order valence-electron chi connectivity index (χ3n) is 3.79. The molecule has 0 fully saturated rings. The molecule has 0 radical (unpaired) electrons. The maximum Gasteiger partial charge on any atom is 0.0868 e. The number of benzene rings is 1. The van der Waals surface area contributed by atoms with Crippen molar-refractivity contribution in [3.8, 4) is 0 Å². The predicted molar refractivity (Wildman–Crippen MR) is 90.2 cm³/mol. The van der Waals surface area contributed by atoms with Crippen LogP contribution in [-0.2, 0) is 20.0 Å². The number of nitrogen functional groups attached to an aromatic ring is 1. The predicted octanol–water partition coefficient (Wildman–Crippen LogP) is 3.33. The van der Waals surface area contributed by atoms with Gasteiger partial charge in [0, 0.05) is 29.9 Å². The molecular formula is C15H19ClN4S. The zero-order valence-corrected chi connectivity index (χ0v) is 13.8. The van der Waals surface area contributed by atoms with Crippen LogP contribution in [0.3, 0.4) is 0 Å². The molecule has 4 nitrogen and oxygen atoms in total. The lowest BCUT2D eigenvalue weighted by atomic mass is 10.2. The molecule has 0 unspecified atom stereocenters. The highest BCUT2D eigenvalue weighted by Crippen LogP contribution is 2.37. The number of anilines is 2. The summed E-state index contributed by atoms with van der Waals surface area (Å²) in [6, 6.07) is 6.11. The average Bonchev–Trinajstić information content (AvgIpc) is 2.75. The zero-order valence-electron chi connectivity index (χ0n) is 12.3. The van der Waals surface area contributed by atoms with E-state index in [-0.39, 0.29) is 0 Å². The second-order valence-corrected chi connectivity index (χ2v) is 6.70. The minimum atomic E-state index is 0.763. The Morgan fingerprint density at radius 2 is 2.24 bits per heavy atom. The van der Waals surface area contributed by atoms with E-state index in [1.807, 2.05) is 35.6 Å². The van der Waals surface area contributed by atoms with Crippen LogP contribution in [0, 0.1) is 0 Å². The SMILES string of the molecule is CCc1nn(C)c(CN2CCSc3ccc(N)cc32)c1Cl. The monoisotopic (exact) mass is 322 g/mol. The van der Waals surface area contributed by atoms with E-state index in [0.717, 1.165) is 47.4 Å². The van der Waals surface area contributed by atoms with E-state index in [4.69, 9.17) is 17.3 Å². The molecule has 2 N–H and O–H groups in total. The van der Waals surface area contributed by atoms with Crippen molar-refractivity contribution in [3.63, 3.8) is 0 Å². The van der Waals surface area contributed by atoms with Crippen molar-refractivity contribution in [3.05, 3.63) is 34.6 Å². The van der Waals surface area contributed by atoms with Crippen molar-refractivity contribution in [1.29, 1.82) is 0 Å². The highest BCUT2D eigenvalue weighted by molar-refractivity contribution is 7.99. The van der Waals surface area contributed by atoms with E-state index in [0.29, 0.717) is 0 Å². The van der Waals surface area contributed by atoms with Gasteiger partial charge in [0.25, 0.3) is 0 Å². The van der Waals surface area contributed by atoms with Crippen LogP contribution in [-0.4, -0.2) is 22.1 Å². The Kier molecular flexibility index (Phi) is 4.04. The van der Waals surface area contributed by atoms with Crippen LogP contribution in [0.25, 0.3) is 0 Å². The van der Waals surface area contributed by atoms with Gasteiger partial charge in [-0.2, -0.15) is 5.10 Å². The molecule has 0 aliphatic carbocycles. The van der Waals surface area contributed by atoms with E-state index in [2.05, 4.69) is 23.0 Å². The lowest BCUT2D eigenvalue weighted by molar-refractivity contribution is 0.676. The van der Waals surface area contributed by atoms with E-state index in [9.17, 15) is 0 Å². The van der Waals surface area contributed by atoms with Gasteiger partial charge in [-0.3, -0.25) is 4.68 Å². The molecule has 0 spiro atoms. The number of hydrogen-bond donors (Lipinski definition) is 1. The third-order valence-corrected chi connectivity index (χ3v) is 5.27. The molecule has 2 heterocycles. The third kappa shape index (κ3) is 2.72. The second kappa shape index (κ2) is 5.81. The van der Waals surface area contributed by atoms with Crippen molar-refractivity contribution < 1.29 is 0 Å². The van der Waals surface area contributed by atoms with Crippen LogP contribution >= 0.6 is 23.4 Å². The maximum absolute atomic E-state index is 6.47. The summed E-state index contributed by atoms with van der Waals surface area (Å²) < 4.78 is 1.90. The first-order valence-electron chi connectivity index (χ1n) is 7.07. The molecule has 0 atom stereocenters. The van der Waals surface area contributed by atoms with Crippen LogP contribution in [0.5, 0.6) is 0 Å². The van der Waals surface area contributed by atoms with E-state index < -0.39 is 0 Å². The summed E-state index contributed by atoms with van der Waals surface area (Å²) in [6.45, 7) is 3.83. The van der Waals surface area contributed by atoms with Crippen molar-refractivity contribution in [2.45, 2.75) is 24.8 Å². The number of rotatable bonds is 3. The summed E-state index contributed by atoms with van der Waals surface area (Å²) >= 11 is 8.34. The Balaban J connectivity index is 1.94. The van der Waals surface area contributed by atoms with Crippen LogP contribution in [0.4, 0.5) is 11.4 Å². The van der Waals surface area contributed by atoms with Gasteiger partial charge in [0.1, 0.15) is 0 Å². The maximum atomic E-state index is 6.47. The summed E-state index contributed by atoms with van der Waals surface area (Å²) in [5.74, 6) is 1.08. The fraction of sp³-hybridized carbons (Fsp3) is 0.400. The number of nitrogens with zero attached hydrogens (tertiary/aromatic N) is 3. The van der Waals surface area contributed by atoms with Gasteiger partial charge in [-0.05, 0) is 24.6 Å². The molecule has 0 saturated carbocycles. The number of hydrogen-bond acceptors (Lipinski definition) is 4. The molecule has 21 heavy (non-hydrogen) atoms. The Morgan fingerprint density at radius 3 is 2.95 bits per heavy atom. The lowest BCUT2D eigenvalue weighted by Crippen LogP contribution is -2.29. The first-order chi connectivity index (χ1) is 10.1. The van der Waals surface area contributed by atoms with Crippen LogP contribution in [0.15, 0.2) is 23.1 Å². The molecule has 1 aliphatic rings. The molecule has 1 aromatic heterocycles. The Bertz CT molecular complexity index is 668. The zero-order chi connectivity index (χ0) is 15.0. The molecular weight excluding hydrogens is 304 g/mol. The molecule has 6 heteroatoms. The largest absolute Gasteiger partial charge is 0.399 e. The smallest absolute Gasteiger partial charge is 0.0868 e. The first kappa shape index (κ1) is 14.6. The average molecular weight is 323 g/mol. The Morgan fingerprint density at radius 1 is 1.43 bits per heavy atom. The normalized spacial score (nSPS) is 14.3. The van der Waals surface area contributed by atoms with Gasteiger partial charge in [0.05, 0.1) is 28.6 Å². The highest BCUT2D eigenvalue weighted by Gasteiger charge is 2.21. The molecule has 3 rings (SSSR count). The Labute approximate surface area is 134 Å². The van der Waals surface area contributed by atoms with Crippen molar-refractivity contribution in [2.24, 2.45) is 7.05 Å². The summed E-state index contributed by atoms with van der Waals surface area (Å²) in [4.78, 5) is 3.62. The number of fused-ring (bicyclic) bond motifs is 1. The summed E-state index contributed by atoms with van der Waals surface area (Å²) in [6.07, 6.45) is 0.853. The highest BCUT2D eigenvalue weighted by atomic mass is 35.5. The first-order valence-corrected chi connectivity index (χ1v) is 8.44. The standard InChI is InChI=1S/C15H19ClN4S/c1-3-11-15(16)13(19(2)18-11)9-20-6-7-21-14-5-4-10(17)8-12(14)20/h4-5,8H,3,6-7,9,17H2,1-2H3. The number of halogens is 1. The van der Waals surface area contributed by atoms with Crippen LogP contribution in [0.2, 0.25) is 5.02 Å². The number of nitrogens with two attached hydrogens (primary N) is 1. The van der Waals surface area contributed by atoms with Gasteiger partial charge >= 0.3 is 0 Å². The van der Waals surface area contributed by atoms with Gasteiger partial charge in [-0.15, -0.1) is 11.8 Å². The summed E-state index contributed by atoms with van der Waals surface area (Å²) in [5.41, 5.74) is 9.97. The number of aryl methyl sites for hydroxylation is 2. The summed E-state index contributed by atoms with van der Waals surface area (Å²) in [7, 11) is 1.96. The molecule has 112 valence electrons. The Hall–Kier alpha value is -1.33. The fourth-order valence-electron chi connectivity index (χ4n) is 2.63. The van der Waals surface area contributed by atoms with Crippen molar-refractivity contribution >= 4 is 34.7 Å². The van der Waals surface area contributed by atoms with Gasteiger partial charge in [0.15, 0.2) is 0 Å². The molecule has 0 amide bonds. The minimum absolute atomic E-state index is 0.763. The van der Waals surface area contributed by atoms with Crippen molar-refractivity contribution in [2.75, 3.05) is 22.9 Å². The van der Waals surface area contributed by atoms with E-state index >= 15 is 0 Å². The second-order valence-electron chi connectivity index (χ2n) is 5.18. The van der Waals surface area contributed by atoms with E-state index in [1.165, 1.54) is 10.6 Å². The minimum Gasteiger partial charge on any atom is -0.399 e.